The molecule has 0 bridgehead atoms. The third-order valence-electron chi connectivity index (χ3n) is 3.87. The predicted octanol–water partition coefficient (Wildman–Crippen LogP) is 2.62. The molecule has 11 heteroatoms. The maximum Gasteiger partial charge on any atom is 0.242 e. The van der Waals surface area contributed by atoms with Crippen molar-refractivity contribution < 1.29 is 13.5 Å². The molecular formula is C18H28N6O3S2. The van der Waals surface area contributed by atoms with Crippen LogP contribution in [-0.2, 0) is 10.0 Å². The molecule has 0 saturated heterocycles. The zero-order valence-electron chi connectivity index (χ0n) is 17.2. The van der Waals surface area contributed by atoms with Crippen molar-refractivity contribution in [3.8, 4) is 0 Å². The molecule has 160 valence electrons. The van der Waals surface area contributed by atoms with Crippen LogP contribution in [0.25, 0.3) is 0 Å². The van der Waals surface area contributed by atoms with Gasteiger partial charge in [-0.05, 0) is 43.9 Å². The molecule has 2 rings (SSSR count). The summed E-state index contributed by atoms with van der Waals surface area (Å²) in [7, 11) is -3.55. The van der Waals surface area contributed by atoms with E-state index in [9.17, 15) is 13.5 Å². The Kier molecular flexibility index (Phi) is 8.17. The normalized spacial score (nSPS) is 13.9. The van der Waals surface area contributed by atoms with Crippen molar-refractivity contribution in [2.75, 3.05) is 22.9 Å². The molecule has 2 aromatic rings. The summed E-state index contributed by atoms with van der Waals surface area (Å²) in [4.78, 5) is 17.0. The van der Waals surface area contributed by atoms with Crippen LogP contribution in [0.15, 0.2) is 23.5 Å². The molecule has 0 aromatic carbocycles. The number of aliphatic hydroxyl groups excluding tert-OH is 1. The Morgan fingerprint density at radius 3 is 2.45 bits per heavy atom. The minimum absolute atomic E-state index is 0.0161. The number of hydrogen-bond donors (Lipinski definition) is 3. The van der Waals surface area contributed by atoms with Crippen LogP contribution in [-0.4, -0.2) is 52.4 Å². The molecule has 2 atom stereocenters. The second-order valence-electron chi connectivity index (χ2n) is 7.28. The highest BCUT2D eigenvalue weighted by Gasteiger charge is 2.17. The van der Waals surface area contributed by atoms with Crippen LogP contribution in [0.5, 0.6) is 0 Å². The number of nitrogens with one attached hydrogen (secondary N) is 2. The maximum atomic E-state index is 11.6. The summed E-state index contributed by atoms with van der Waals surface area (Å²) in [5.41, 5.74) is 1.97. The number of nitrogens with zero attached hydrogens (tertiary/aromatic N) is 4. The van der Waals surface area contributed by atoms with Gasteiger partial charge in [-0.3, -0.25) is 9.71 Å². The van der Waals surface area contributed by atoms with Crippen molar-refractivity contribution in [3.63, 3.8) is 0 Å². The zero-order chi connectivity index (χ0) is 21.6. The van der Waals surface area contributed by atoms with Crippen molar-refractivity contribution in [2.24, 2.45) is 5.92 Å². The smallest absolute Gasteiger partial charge is 0.242 e. The van der Waals surface area contributed by atoms with Crippen molar-refractivity contribution in [1.29, 1.82) is 0 Å². The third-order valence-corrected chi connectivity index (χ3v) is 5.45. The number of sulfonamides is 1. The fraction of sp³-hybridized carbons (Fsp3) is 0.556. The molecule has 0 aliphatic heterocycles. The summed E-state index contributed by atoms with van der Waals surface area (Å²) in [5.74, 6) is 0.511. The quantitative estimate of drug-likeness (QED) is 0.477. The third kappa shape index (κ3) is 8.11. The van der Waals surface area contributed by atoms with E-state index in [1.807, 2.05) is 39.8 Å². The number of hydrogen-bond acceptors (Lipinski definition) is 9. The van der Waals surface area contributed by atoms with Crippen LogP contribution in [0, 0.1) is 12.8 Å². The van der Waals surface area contributed by atoms with Crippen molar-refractivity contribution in [2.45, 2.75) is 50.6 Å². The van der Waals surface area contributed by atoms with Gasteiger partial charge in [0.1, 0.15) is 0 Å². The second-order valence-corrected chi connectivity index (χ2v) is 10.3. The molecule has 2 heterocycles. The number of aromatic nitrogens is 4. The largest absolute Gasteiger partial charge is 0.394 e. The molecule has 29 heavy (non-hydrogen) atoms. The first-order valence-electron chi connectivity index (χ1n) is 9.26. The predicted molar refractivity (Wildman–Crippen MR) is 115 cm³/mol. The van der Waals surface area contributed by atoms with Gasteiger partial charge in [0.05, 0.1) is 18.9 Å². The lowest BCUT2D eigenvalue weighted by Crippen LogP contribution is -2.27. The maximum absolute atomic E-state index is 11.6. The Hall–Kier alpha value is -1.98. The molecule has 0 spiro atoms. The minimum Gasteiger partial charge on any atom is -0.394 e. The van der Waals surface area contributed by atoms with E-state index >= 15 is 0 Å². The Morgan fingerprint density at radius 1 is 1.17 bits per heavy atom. The fourth-order valence-electron chi connectivity index (χ4n) is 2.66. The average molecular weight is 441 g/mol. The molecule has 9 nitrogen and oxygen atoms in total. The standard InChI is InChI=1S/C18H28N6O3S2/c1-11(2)8-15(10-25)20-16-21-17(24-29(5,26)27)23-18(22-16)28-13(4)14-6-7-19-12(3)9-14/h6-7,9,11,13,15,25H,8,10H2,1-5H3,(H2,20,21,22,23,24)/t13?,15-/m1/s1. The Labute approximate surface area is 176 Å². The highest BCUT2D eigenvalue weighted by Crippen LogP contribution is 2.33. The summed E-state index contributed by atoms with van der Waals surface area (Å²) in [5, 5.41) is 13.1. The van der Waals surface area contributed by atoms with Gasteiger partial charge in [0.15, 0.2) is 5.16 Å². The number of anilines is 2. The van der Waals surface area contributed by atoms with Crippen LogP contribution in [0.2, 0.25) is 0 Å². The lowest BCUT2D eigenvalue weighted by Gasteiger charge is -2.19. The molecule has 0 aliphatic carbocycles. The van der Waals surface area contributed by atoms with Gasteiger partial charge >= 0.3 is 0 Å². The summed E-state index contributed by atoms with van der Waals surface area (Å²) in [6.45, 7) is 7.94. The van der Waals surface area contributed by atoms with Gasteiger partial charge in [-0.15, -0.1) is 0 Å². The monoisotopic (exact) mass is 440 g/mol. The van der Waals surface area contributed by atoms with Gasteiger partial charge in [0, 0.05) is 17.1 Å². The van der Waals surface area contributed by atoms with Crippen LogP contribution >= 0.6 is 11.8 Å². The fourth-order valence-corrected chi connectivity index (χ4v) is 3.96. The van der Waals surface area contributed by atoms with E-state index in [0.717, 1.165) is 17.5 Å². The first-order valence-corrected chi connectivity index (χ1v) is 12.0. The van der Waals surface area contributed by atoms with Gasteiger partial charge in [-0.2, -0.15) is 15.0 Å². The van der Waals surface area contributed by atoms with Gasteiger partial charge in [-0.25, -0.2) is 8.42 Å². The van der Waals surface area contributed by atoms with E-state index in [0.29, 0.717) is 17.5 Å². The van der Waals surface area contributed by atoms with Gasteiger partial charge in [-0.1, -0.05) is 25.6 Å². The Balaban J connectivity index is 2.30. The molecule has 0 aliphatic rings. The molecule has 2 aromatic heterocycles. The van der Waals surface area contributed by atoms with E-state index in [-0.39, 0.29) is 29.8 Å². The van der Waals surface area contributed by atoms with E-state index in [1.54, 1.807) is 6.20 Å². The second kappa shape index (κ2) is 10.2. The molecule has 1 unspecified atom stereocenters. The molecule has 3 N–H and O–H groups in total. The minimum atomic E-state index is -3.55. The van der Waals surface area contributed by atoms with Crippen LogP contribution in [0.3, 0.4) is 0 Å². The topological polar surface area (TPSA) is 130 Å². The van der Waals surface area contributed by atoms with E-state index in [4.69, 9.17) is 0 Å². The summed E-state index contributed by atoms with van der Waals surface area (Å²) in [6, 6.07) is 3.66. The van der Waals surface area contributed by atoms with E-state index in [1.165, 1.54) is 11.8 Å². The Morgan fingerprint density at radius 2 is 1.86 bits per heavy atom. The average Bonchev–Trinajstić information content (AvgIpc) is 2.59. The molecule has 0 amide bonds. The first kappa shape index (κ1) is 23.3. The molecule has 0 fully saturated rings. The van der Waals surface area contributed by atoms with Crippen molar-refractivity contribution in [3.05, 3.63) is 29.6 Å². The number of aryl methyl sites for hydroxylation is 1. The highest BCUT2D eigenvalue weighted by molar-refractivity contribution is 7.99. The molecular weight excluding hydrogens is 412 g/mol. The number of aliphatic hydroxyl groups is 1. The summed E-state index contributed by atoms with van der Waals surface area (Å²) >= 11 is 1.38. The SMILES string of the molecule is Cc1cc(C(C)Sc2nc(N[C@@H](CO)CC(C)C)nc(NS(C)(=O)=O)n2)ccn1. The van der Waals surface area contributed by atoms with Gasteiger partial charge < -0.3 is 10.4 Å². The van der Waals surface area contributed by atoms with Crippen LogP contribution < -0.4 is 10.0 Å². The van der Waals surface area contributed by atoms with Crippen molar-refractivity contribution in [1.82, 2.24) is 19.9 Å². The first-order chi connectivity index (χ1) is 13.6. The molecule has 0 radical (unpaired) electrons. The highest BCUT2D eigenvalue weighted by atomic mass is 32.2. The van der Waals surface area contributed by atoms with E-state index < -0.39 is 10.0 Å². The Bertz CT molecular complexity index is 924. The summed E-state index contributed by atoms with van der Waals surface area (Å²) in [6.07, 6.45) is 3.50. The van der Waals surface area contributed by atoms with Gasteiger partial charge in [0.25, 0.3) is 0 Å². The van der Waals surface area contributed by atoms with Crippen LogP contribution in [0.1, 0.15) is 43.7 Å². The van der Waals surface area contributed by atoms with Gasteiger partial charge in [0.2, 0.25) is 21.9 Å². The van der Waals surface area contributed by atoms with Crippen molar-refractivity contribution >= 4 is 33.7 Å². The zero-order valence-corrected chi connectivity index (χ0v) is 18.9. The van der Waals surface area contributed by atoms with Crippen LogP contribution in [0.4, 0.5) is 11.9 Å². The lowest BCUT2D eigenvalue weighted by molar-refractivity contribution is 0.259. The number of pyridine rings is 1. The van der Waals surface area contributed by atoms with E-state index in [2.05, 4.69) is 30.0 Å². The number of rotatable bonds is 10. The lowest BCUT2D eigenvalue weighted by atomic mass is 10.0. The summed E-state index contributed by atoms with van der Waals surface area (Å²) < 4.78 is 25.6. The number of thioether (sulfide) groups is 1. The molecule has 0 saturated carbocycles.